The number of hydrogen-bond donors (Lipinski definition) is 2. The second-order valence-electron chi connectivity index (χ2n) is 6.93. The van der Waals surface area contributed by atoms with Crippen LogP contribution >= 0.6 is 0 Å². The minimum atomic E-state index is -0.478. The number of anilines is 1. The number of unbranched alkanes of at least 4 members (excludes halogenated alkanes) is 3. The van der Waals surface area contributed by atoms with Gasteiger partial charge in [0.2, 0.25) is 5.91 Å². The van der Waals surface area contributed by atoms with Gasteiger partial charge in [-0.1, -0.05) is 33.1 Å². The molecular weight excluding hydrogens is 358 g/mol. The summed E-state index contributed by atoms with van der Waals surface area (Å²) in [5.74, 6) is -0.101. The van der Waals surface area contributed by atoms with Crippen molar-refractivity contribution in [1.82, 2.24) is 19.5 Å². The number of nitrogens with zero attached hydrogens (tertiary/aromatic N) is 3. The van der Waals surface area contributed by atoms with E-state index in [0.29, 0.717) is 29.7 Å². The predicted octanol–water partition coefficient (Wildman–Crippen LogP) is 2.87. The summed E-state index contributed by atoms with van der Waals surface area (Å²) < 4.78 is 1.20. The van der Waals surface area contributed by atoms with E-state index >= 15 is 0 Å². The summed E-state index contributed by atoms with van der Waals surface area (Å²) in [4.78, 5) is 48.3. The molecule has 0 aliphatic carbocycles. The molecule has 0 radical (unpaired) electrons. The Balaban J connectivity index is 2.07. The molecule has 8 heteroatoms. The Morgan fingerprint density at radius 3 is 2.57 bits per heavy atom. The Morgan fingerprint density at radius 2 is 1.86 bits per heavy atom. The zero-order valence-corrected chi connectivity index (χ0v) is 16.5. The minimum Gasteiger partial charge on any atom is -0.326 e. The fraction of sp³-hybridized carbons (Fsp3) is 0.450. The number of hydrogen-bond acceptors (Lipinski definition) is 5. The Labute approximate surface area is 162 Å². The fourth-order valence-corrected chi connectivity index (χ4v) is 3.11. The third-order valence-electron chi connectivity index (χ3n) is 4.76. The number of aromatic amines is 1. The van der Waals surface area contributed by atoms with Crippen LogP contribution in [-0.4, -0.2) is 25.4 Å². The number of carbonyl (C=O) groups excluding carboxylic acids is 1. The predicted molar refractivity (Wildman–Crippen MR) is 110 cm³/mol. The Hall–Kier alpha value is -3.03. The molecule has 0 aliphatic rings. The SMILES string of the molecule is CCCCCCn1c(=O)[nH]c2nc3cc(NC(=O)CC)c(C)cc3nc2c1=O. The standard InChI is InChI=1S/C20H25N5O3/c1-4-6-7-8-9-25-19(27)17-18(24-20(25)28)23-15-11-13(21-16(26)5-2)12(3)10-14(15)22-17/h10-11H,4-9H2,1-3H3,(H,21,26)(H,23,24,28). The molecule has 2 heterocycles. The molecular formula is C20H25N5O3. The monoisotopic (exact) mass is 383 g/mol. The number of carbonyl (C=O) groups is 1. The molecule has 0 unspecified atom stereocenters. The van der Waals surface area contributed by atoms with Crippen molar-refractivity contribution in [2.24, 2.45) is 0 Å². The van der Waals surface area contributed by atoms with Crippen LogP contribution in [0.2, 0.25) is 0 Å². The van der Waals surface area contributed by atoms with Crippen molar-refractivity contribution in [2.45, 2.75) is 59.4 Å². The van der Waals surface area contributed by atoms with Crippen molar-refractivity contribution >= 4 is 33.8 Å². The van der Waals surface area contributed by atoms with Crippen LogP contribution in [0.1, 0.15) is 51.5 Å². The van der Waals surface area contributed by atoms with Crippen molar-refractivity contribution in [3.8, 4) is 0 Å². The number of amides is 1. The lowest BCUT2D eigenvalue weighted by molar-refractivity contribution is -0.115. The van der Waals surface area contributed by atoms with Crippen molar-refractivity contribution < 1.29 is 4.79 Å². The van der Waals surface area contributed by atoms with Crippen molar-refractivity contribution in [3.63, 3.8) is 0 Å². The van der Waals surface area contributed by atoms with Crippen molar-refractivity contribution in [2.75, 3.05) is 5.32 Å². The molecule has 0 fully saturated rings. The number of fused-ring (bicyclic) bond motifs is 2. The van der Waals surface area contributed by atoms with Crippen LogP contribution in [0, 0.1) is 6.92 Å². The summed E-state index contributed by atoms with van der Waals surface area (Å²) >= 11 is 0. The van der Waals surface area contributed by atoms with E-state index in [1.807, 2.05) is 6.92 Å². The number of nitrogens with one attached hydrogen (secondary N) is 2. The summed E-state index contributed by atoms with van der Waals surface area (Å²) in [6, 6.07) is 3.49. The molecule has 1 aromatic carbocycles. The zero-order valence-electron chi connectivity index (χ0n) is 16.5. The summed E-state index contributed by atoms with van der Waals surface area (Å²) in [7, 11) is 0. The van der Waals surface area contributed by atoms with Crippen LogP contribution in [0.25, 0.3) is 22.2 Å². The van der Waals surface area contributed by atoms with E-state index < -0.39 is 11.2 Å². The first kappa shape index (κ1) is 19.7. The molecule has 0 saturated heterocycles. The molecule has 28 heavy (non-hydrogen) atoms. The maximum Gasteiger partial charge on any atom is 0.330 e. The summed E-state index contributed by atoms with van der Waals surface area (Å²) in [6.45, 7) is 6.11. The first-order valence-corrected chi connectivity index (χ1v) is 9.69. The Bertz CT molecular complexity index is 1150. The van der Waals surface area contributed by atoms with Gasteiger partial charge in [-0.05, 0) is 31.0 Å². The highest BCUT2D eigenvalue weighted by molar-refractivity contribution is 5.95. The molecule has 2 aromatic heterocycles. The molecule has 0 saturated carbocycles. The van der Waals surface area contributed by atoms with Gasteiger partial charge in [0.1, 0.15) is 0 Å². The molecule has 0 bridgehead atoms. The maximum atomic E-state index is 12.8. The number of rotatable bonds is 7. The fourth-order valence-electron chi connectivity index (χ4n) is 3.11. The number of H-pyrrole nitrogens is 1. The zero-order chi connectivity index (χ0) is 20.3. The van der Waals surface area contributed by atoms with Crippen molar-refractivity contribution in [1.29, 1.82) is 0 Å². The third kappa shape index (κ3) is 3.95. The van der Waals surface area contributed by atoms with Crippen molar-refractivity contribution in [3.05, 3.63) is 38.5 Å². The van der Waals surface area contributed by atoms with Crippen LogP contribution in [0.5, 0.6) is 0 Å². The molecule has 3 rings (SSSR count). The van der Waals surface area contributed by atoms with Crippen LogP contribution < -0.4 is 16.6 Å². The van der Waals surface area contributed by atoms with Gasteiger partial charge >= 0.3 is 5.69 Å². The quantitative estimate of drug-likeness (QED) is 0.481. The molecule has 3 aromatic rings. The number of benzene rings is 1. The second-order valence-corrected chi connectivity index (χ2v) is 6.93. The van der Waals surface area contributed by atoms with Crippen LogP contribution in [0.15, 0.2) is 21.7 Å². The topological polar surface area (TPSA) is 110 Å². The molecule has 2 N–H and O–H groups in total. The van der Waals surface area contributed by atoms with E-state index in [9.17, 15) is 14.4 Å². The smallest absolute Gasteiger partial charge is 0.326 e. The molecule has 0 aliphatic heterocycles. The summed E-state index contributed by atoms with van der Waals surface area (Å²) in [5.41, 5.74) is 1.91. The largest absolute Gasteiger partial charge is 0.330 e. The van der Waals surface area contributed by atoms with Gasteiger partial charge in [-0.15, -0.1) is 0 Å². The lowest BCUT2D eigenvalue weighted by Crippen LogP contribution is -2.35. The van der Waals surface area contributed by atoms with E-state index in [4.69, 9.17) is 0 Å². The molecule has 0 spiro atoms. The third-order valence-corrected chi connectivity index (χ3v) is 4.76. The van der Waals surface area contributed by atoms with Gasteiger partial charge in [-0.2, -0.15) is 0 Å². The van der Waals surface area contributed by atoms with E-state index in [-0.39, 0.29) is 17.1 Å². The minimum absolute atomic E-state index is 0.101. The van der Waals surface area contributed by atoms with Gasteiger partial charge in [-0.3, -0.25) is 19.1 Å². The molecule has 8 nitrogen and oxygen atoms in total. The maximum absolute atomic E-state index is 12.8. The molecule has 1 amide bonds. The first-order valence-electron chi connectivity index (χ1n) is 9.69. The summed E-state index contributed by atoms with van der Waals surface area (Å²) in [5, 5.41) is 2.82. The van der Waals surface area contributed by atoms with Gasteiger partial charge in [0, 0.05) is 18.7 Å². The van der Waals surface area contributed by atoms with E-state index in [0.717, 1.165) is 31.2 Å². The van der Waals surface area contributed by atoms with Gasteiger partial charge in [0.25, 0.3) is 5.56 Å². The number of aromatic nitrogens is 4. The highest BCUT2D eigenvalue weighted by Gasteiger charge is 2.13. The highest BCUT2D eigenvalue weighted by Crippen LogP contribution is 2.22. The van der Waals surface area contributed by atoms with Gasteiger partial charge in [0.15, 0.2) is 11.2 Å². The van der Waals surface area contributed by atoms with Crippen LogP contribution in [0.3, 0.4) is 0 Å². The number of aryl methyl sites for hydroxylation is 1. The van der Waals surface area contributed by atoms with Crippen LogP contribution in [0.4, 0.5) is 5.69 Å². The summed E-state index contributed by atoms with van der Waals surface area (Å²) in [6.07, 6.45) is 4.26. The highest BCUT2D eigenvalue weighted by atomic mass is 16.2. The van der Waals surface area contributed by atoms with Gasteiger partial charge in [0.05, 0.1) is 11.0 Å². The van der Waals surface area contributed by atoms with E-state index in [1.54, 1.807) is 19.1 Å². The van der Waals surface area contributed by atoms with E-state index in [1.165, 1.54) is 4.57 Å². The normalized spacial score (nSPS) is 11.2. The molecule has 0 atom stereocenters. The second kappa shape index (κ2) is 8.33. The lowest BCUT2D eigenvalue weighted by atomic mass is 10.1. The molecule has 148 valence electrons. The van der Waals surface area contributed by atoms with Crippen LogP contribution in [-0.2, 0) is 11.3 Å². The first-order chi connectivity index (χ1) is 13.4. The Morgan fingerprint density at radius 1 is 1.11 bits per heavy atom. The van der Waals surface area contributed by atoms with Gasteiger partial charge < -0.3 is 5.32 Å². The average molecular weight is 383 g/mol. The lowest BCUT2D eigenvalue weighted by Gasteiger charge is -2.10. The van der Waals surface area contributed by atoms with Gasteiger partial charge in [-0.25, -0.2) is 14.8 Å². The average Bonchev–Trinajstić information content (AvgIpc) is 2.67. The Kier molecular flexibility index (Phi) is 5.87. The van der Waals surface area contributed by atoms with E-state index in [2.05, 4.69) is 27.2 Å².